The molecule has 0 saturated heterocycles. The summed E-state index contributed by atoms with van der Waals surface area (Å²) in [4.78, 5) is 28.7. The molecule has 0 unspecified atom stereocenters. The molecule has 2 aromatic rings. The van der Waals surface area contributed by atoms with Crippen molar-refractivity contribution in [3.05, 3.63) is 51.1 Å². The maximum absolute atomic E-state index is 12.7. The maximum atomic E-state index is 12.7. The molecule has 3 aliphatic rings. The van der Waals surface area contributed by atoms with Gasteiger partial charge >= 0.3 is 0 Å². The fourth-order valence-electron chi connectivity index (χ4n) is 5.15. The van der Waals surface area contributed by atoms with E-state index in [4.69, 9.17) is 0 Å². The molecule has 160 valence electrons. The molecular formula is C22H28BrN5O2. The van der Waals surface area contributed by atoms with Crippen molar-refractivity contribution >= 4 is 27.5 Å². The number of amides is 1. The molecular weight excluding hydrogens is 446 g/mol. The highest BCUT2D eigenvalue weighted by Crippen LogP contribution is 2.61. The van der Waals surface area contributed by atoms with Crippen LogP contribution in [0.1, 0.15) is 44.0 Å². The van der Waals surface area contributed by atoms with Crippen molar-refractivity contribution in [2.75, 3.05) is 11.9 Å². The quantitative estimate of drug-likeness (QED) is 0.671. The molecule has 0 aliphatic heterocycles. The van der Waals surface area contributed by atoms with E-state index < -0.39 is 0 Å². The van der Waals surface area contributed by atoms with Gasteiger partial charge in [-0.05, 0) is 64.1 Å². The predicted molar refractivity (Wildman–Crippen MR) is 119 cm³/mol. The first-order chi connectivity index (χ1) is 14.3. The van der Waals surface area contributed by atoms with E-state index >= 15 is 0 Å². The molecule has 5 rings (SSSR count). The van der Waals surface area contributed by atoms with Crippen LogP contribution in [-0.2, 0) is 6.54 Å². The van der Waals surface area contributed by atoms with Crippen molar-refractivity contribution in [1.82, 2.24) is 20.1 Å². The zero-order valence-corrected chi connectivity index (χ0v) is 19.1. The van der Waals surface area contributed by atoms with Crippen molar-refractivity contribution in [1.29, 1.82) is 0 Å². The van der Waals surface area contributed by atoms with Crippen LogP contribution < -0.4 is 16.2 Å². The summed E-state index contributed by atoms with van der Waals surface area (Å²) in [6, 6.07) is 3.65. The maximum Gasteiger partial charge on any atom is 0.283 e. The number of aromatic nitrogens is 3. The van der Waals surface area contributed by atoms with Crippen molar-refractivity contribution in [3.63, 3.8) is 0 Å². The number of anilines is 1. The first kappa shape index (κ1) is 21.0. The van der Waals surface area contributed by atoms with Gasteiger partial charge in [0.25, 0.3) is 11.5 Å². The Hall–Kier alpha value is -2.22. The molecule has 30 heavy (non-hydrogen) atoms. The lowest BCUT2D eigenvalue weighted by Gasteiger charge is -2.62. The normalized spacial score (nSPS) is 26.5. The average Bonchev–Trinajstić information content (AvgIpc) is 2.74. The topological polar surface area (TPSA) is 88.9 Å². The number of rotatable bonds is 6. The van der Waals surface area contributed by atoms with E-state index in [1.165, 1.54) is 11.1 Å². The highest BCUT2D eigenvalue weighted by molar-refractivity contribution is 9.10. The zero-order chi connectivity index (χ0) is 21.5. The van der Waals surface area contributed by atoms with Gasteiger partial charge in [-0.3, -0.25) is 14.6 Å². The van der Waals surface area contributed by atoms with Crippen LogP contribution in [0.2, 0.25) is 0 Å². The molecule has 4 atom stereocenters. The molecule has 2 bridgehead atoms. The van der Waals surface area contributed by atoms with Gasteiger partial charge in [0.05, 0.1) is 18.4 Å². The third-order valence-electron chi connectivity index (χ3n) is 7.23. The standard InChI is InChI=1S/C22H28BrN5O2/c1-13-16-10-15(22(16,2)3)11-17(13)27-18-12-26-28(21(30)19(18)23)9-8-25-20(29)14-4-6-24-7-5-14/h4-7,12-13,15-17,27H,8-11H2,1-3H3,(H,25,29)/t13-,15+,16-,17-/m1/s1. The Labute approximate surface area is 184 Å². The molecule has 0 radical (unpaired) electrons. The van der Waals surface area contributed by atoms with Gasteiger partial charge in [-0.1, -0.05) is 20.8 Å². The Morgan fingerprint density at radius 2 is 2.03 bits per heavy atom. The van der Waals surface area contributed by atoms with Crippen molar-refractivity contribution in [2.45, 2.75) is 46.2 Å². The molecule has 2 heterocycles. The van der Waals surface area contributed by atoms with E-state index in [1.807, 2.05) is 0 Å². The summed E-state index contributed by atoms with van der Waals surface area (Å²) < 4.78 is 1.86. The number of halogens is 1. The van der Waals surface area contributed by atoms with Crippen molar-refractivity contribution in [3.8, 4) is 0 Å². The van der Waals surface area contributed by atoms with Gasteiger partial charge < -0.3 is 10.6 Å². The van der Waals surface area contributed by atoms with E-state index in [0.717, 1.165) is 23.9 Å². The Balaban J connectivity index is 1.37. The van der Waals surface area contributed by atoms with Gasteiger partial charge in [-0.15, -0.1) is 0 Å². The van der Waals surface area contributed by atoms with Gasteiger partial charge in [-0.2, -0.15) is 5.10 Å². The van der Waals surface area contributed by atoms with E-state index in [-0.39, 0.29) is 11.5 Å². The first-order valence-corrected chi connectivity index (χ1v) is 11.3. The Morgan fingerprint density at radius 3 is 2.70 bits per heavy atom. The molecule has 0 aromatic carbocycles. The van der Waals surface area contributed by atoms with Crippen LogP contribution in [0, 0.1) is 23.2 Å². The summed E-state index contributed by atoms with van der Waals surface area (Å²) >= 11 is 3.45. The smallest absolute Gasteiger partial charge is 0.283 e. The largest absolute Gasteiger partial charge is 0.380 e. The second kappa shape index (κ2) is 8.13. The van der Waals surface area contributed by atoms with Crippen LogP contribution in [0.15, 0.2) is 40.0 Å². The van der Waals surface area contributed by atoms with E-state index in [2.05, 4.69) is 57.4 Å². The summed E-state index contributed by atoms with van der Waals surface area (Å²) in [5, 5.41) is 10.7. The summed E-state index contributed by atoms with van der Waals surface area (Å²) in [7, 11) is 0. The van der Waals surface area contributed by atoms with Gasteiger partial charge in [0, 0.05) is 30.5 Å². The lowest BCUT2D eigenvalue weighted by atomic mass is 9.45. The molecule has 7 nitrogen and oxygen atoms in total. The fourth-order valence-corrected chi connectivity index (χ4v) is 5.57. The number of pyridine rings is 1. The molecule has 0 spiro atoms. The van der Waals surface area contributed by atoms with E-state index in [9.17, 15) is 9.59 Å². The number of hydrogen-bond donors (Lipinski definition) is 2. The second-order valence-electron chi connectivity index (χ2n) is 9.10. The Morgan fingerprint density at radius 1 is 1.30 bits per heavy atom. The number of fused-ring (bicyclic) bond motifs is 2. The molecule has 2 N–H and O–H groups in total. The molecule has 3 fully saturated rings. The number of carbonyl (C=O) groups is 1. The highest BCUT2D eigenvalue weighted by Gasteiger charge is 2.56. The SMILES string of the molecule is C[C@@H]1[C@H]2C[C@@H](C[C@H]1Nc1cnn(CCNC(=O)c3ccncc3)c(=O)c1Br)C2(C)C. The third kappa shape index (κ3) is 3.77. The average molecular weight is 474 g/mol. The van der Waals surface area contributed by atoms with Gasteiger partial charge in [0.15, 0.2) is 0 Å². The van der Waals surface area contributed by atoms with Gasteiger partial charge in [0.1, 0.15) is 4.47 Å². The van der Waals surface area contributed by atoms with Crippen LogP contribution in [0.5, 0.6) is 0 Å². The third-order valence-corrected chi connectivity index (χ3v) is 8.00. The lowest BCUT2D eigenvalue weighted by Crippen LogP contribution is -2.58. The highest BCUT2D eigenvalue weighted by atomic mass is 79.9. The summed E-state index contributed by atoms with van der Waals surface area (Å²) in [5.74, 6) is 1.83. The fraction of sp³-hybridized carbons (Fsp3) is 0.545. The van der Waals surface area contributed by atoms with Crippen LogP contribution in [0.25, 0.3) is 0 Å². The van der Waals surface area contributed by atoms with E-state index in [0.29, 0.717) is 40.5 Å². The minimum Gasteiger partial charge on any atom is -0.380 e. The zero-order valence-electron chi connectivity index (χ0n) is 17.6. The van der Waals surface area contributed by atoms with Gasteiger partial charge in [0.2, 0.25) is 0 Å². The lowest BCUT2D eigenvalue weighted by molar-refractivity contribution is -0.105. The minimum atomic E-state index is -0.202. The molecule has 1 amide bonds. The molecule has 3 aliphatic carbocycles. The number of nitrogens with one attached hydrogen (secondary N) is 2. The summed E-state index contributed by atoms with van der Waals surface area (Å²) in [6.45, 7) is 7.68. The molecule has 8 heteroatoms. The summed E-state index contributed by atoms with van der Waals surface area (Å²) in [5.41, 5.74) is 1.51. The molecule has 2 aromatic heterocycles. The first-order valence-electron chi connectivity index (χ1n) is 10.5. The monoisotopic (exact) mass is 473 g/mol. The Bertz CT molecular complexity index is 991. The van der Waals surface area contributed by atoms with Crippen molar-refractivity contribution < 1.29 is 4.79 Å². The number of carbonyl (C=O) groups excluding carboxylic acids is 1. The van der Waals surface area contributed by atoms with Crippen LogP contribution in [-0.4, -0.2) is 33.3 Å². The van der Waals surface area contributed by atoms with Crippen LogP contribution in [0.3, 0.4) is 0 Å². The van der Waals surface area contributed by atoms with Crippen LogP contribution >= 0.6 is 15.9 Å². The molecule has 3 saturated carbocycles. The predicted octanol–water partition coefficient (Wildman–Crippen LogP) is 3.31. The van der Waals surface area contributed by atoms with E-state index in [1.54, 1.807) is 30.7 Å². The summed E-state index contributed by atoms with van der Waals surface area (Å²) in [6.07, 6.45) is 7.29. The number of hydrogen-bond acceptors (Lipinski definition) is 5. The minimum absolute atomic E-state index is 0.199. The Kier molecular flexibility index (Phi) is 5.70. The van der Waals surface area contributed by atoms with Crippen LogP contribution in [0.4, 0.5) is 5.69 Å². The number of nitrogens with zero attached hydrogens (tertiary/aromatic N) is 3. The van der Waals surface area contributed by atoms with Crippen molar-refractivity contribution in [2.24, 2.45) is 23.2 Å². The van der Waals surface area contributed by atoms with Gasteiger partial charge in [-0.25, -0.2) is 4.68 Å². The second-order valence-corrected chi connectivity index (χ2v) is 9.89.